The van der Waals surface area contributed by atoms with Crippen LogP contribution >= 0.6 is 0 Å². The molecule has 1 aliphatic heterocycles. The Kier molecular flexibility index (Phi) is 11.7. The standard InChI is InChI=1S/C42H53N9O5/c1-6-21-43-22-24-54-31-14-11-13-30(25-31)50-39(26-37(47-50)42(3,4)5)51(55-28-52)41(53)44-35-18-19-36(34-16-8-7-15-33(34)35)56-32-17-20-38-45-46-40(49(38)27-32)48-23-10-9-12-29(48)2/h7-8,11,13-17,20,25-29,35-36,43H,6,9-10,12,18-19,21-24H2,1-5H3,(H,44,53)/t29-,35-,36+/m0/s1. The van der Waals surface area contributed by atoms with E-state index >= 15 is 0 Å². The Balaban J connectivity index is 1.11. The molecule has 14 nitrogen and oxygen atoms in total. The Bertz CT molecular complexity index is 2120. The number of anilines is 2. The molecule has 56 heavy (non-hydrogen) atoms. The van der Waals surface area contributed by atoms with Gasteiger partial charge in [0.25, 0.3) is 0 Å². The van der Waals surface area contributed by atoms with Crippen LogP contribution in [0.4, 0.5) is 16.6 Å². The van der Waals surface area contributed by atoms with Crippen LogP contribution < -0.4 is 30.1 Å². The van der Waals surface area contributed by atoms with Crippen molar-refractivity contribution in [3.8, 4) is 17.2 Å². The molecule has 7 rings (SSSR count). The van der Waals surface area contributed by atoms with E-state index in [2.05, 4.69) is 39.6 Å². The second-order valence-corrected chi connectivity index (χ2v) is 15.6. The number of aromatic nitrogens is 5. The largest absolute Gasteiger partial charge is 0.492 e. The lowest BCUT2D eigenvalue weighted by atomic mass is 9.85. The predicted molar refractivity (Wildman–Crippen MR) is 215 cm³/mol. The average Bonchev–Trinajstić information content (AvgIpc) is 3.83. The van der Waals surface area contributed by atoms with Crippen molar-refractivity contribution in [3.05, 3.63) is 89.7 Å². The maximum atomic E-state index is 14.2. The number of ether oxygens (including phenoxy) is 2. The summed E-state index contributed by atoms with van der Waals surface area (Å²) in [5.41, 5.74) is 3.66. The monoisotopic (exact) mass is 763 g/mol. The van der Waals surface area contributed by atoms with E-state index in [1.807, 2.05) is 92.0 Å². The summed E-state index contributed by atoms with van der Waals surface area (Å²) >= 11 is 0. The van der Waals surface area contributed by atoms with Gasteiger partial charge in [-0.3, -0.25) is 9.20 Å². The van der Waals surface area contributed by atoms with Crippen molar-refractivity contribution in [2.45, 2.75) is 96.7 Å². The molecule has 2 aliphatic rings. The Hall–Kier alpha value is -5.63. The quantitative estimate of drug-likeness (QED) is 0.0677. The molecule has 0 bridgehead atoms. The summed E-state index contributed by atoms with van der Waals surface area (Å²) in [5.74, 6) is 2.47. The zero-order valence-electron chi connectivity index (χ0n) is 33.0. The second kappa shape index (κ2) is 17.0. The van der Waals surface area contributed by atoms with Gasteiger partial charge in [0.15, 0.2) is 11.5 Å². The summed E-state index contributed by atoms with van der Waals surface area (Å²) in [5, 5.41) is 21.3. The van der Waals surface area contributed by atoms with Crippen LogP contribution in [-0.4, -0.2) is 69.2 Å². The van der Waals surface area contributed by atoms with Crippen molar-refractivity contribution in [2.24, 2.45) is 0 Å². The minimum absolute atomic E-state index is 0.249. The molecule has 14 heteroatoms. The molecular weight excluding hydrogens is 711 g/mol. The molecule has 0 radical (unpaired) electrons. The first-order chi connectivity index (χ1) is 27.1. The van der Waals surface area contributed by atoms with E-state index < -0.39 is 6.03 Å². The highest BCUT2D eigenvalue weighted by molar-refractivity contribution is 5.90. The number of hydroxylamine groups is 1. The molecule has 0 saturated carbocycles. The second-order valence-electron chi connectivity index (χ2n) is 15.6. The lowest BCUT2D eigenvalue weighted by molar-refractivity contribution is -0.129. The van der Waals surface area contributed by atoms with Gasteiger partial charge in [-0.1, -0.05) is 58.0 Å². The van der Waals surface area contributed by atoms with Gasteiger partial charge in [0.1, 0.15) is 24.2 Å². The summed E-state index contributed by atoms with van der Waals surface area (Å²) in [6.45, 7) is 13.8. The van der Waals surface area contributed by atoms with Crippen LogP contribution in [0.5, 0.6) is 11.5 Å². The van der Waals surface area contributed by atoms with Gasteiger partial charge in [-0.25, -0.2) is 9.48 Å². The van der Waals surface area contributed by atoms with Crippen molar-refractivity contribution >= 4 is 29.9 Å². The number of carbonyl (C=O) groups is 2. The van der Waals surface area contributed by atoms with Crippen LogP contribution in [0, 0.1) is 0 Å². The van der Waals surface area contributed by atoms with Crippen LogP contribution in [0.2, 0.25) is 0 Å². The highest BCUT2D eigenvalue weighted by Crippen LogP contribution is 2.39. The highest BCUT2D eigenvalue weighted by Gasteiger charge is 2.34. The average molecular weight is 764 g/mol. The van der Waals surface area contributed by atoms with Gasteiger partial charge in [0, 0.05) is 36.7 Å². The number of rotatable bonds is 14. The summed E-state index contributed by atoms with van der Waals surface area (Å²) in [7, 11) is 0. The number of urea groups is 1. The molecule has 3 aromatic heterocycles. The summed E-state index contributed by atoms with van der Waals surface area (Å²) in [4.78, 5) is 33.9. The van der Waals surface area contributed by atoms with Gasteiger partial charge in [0.2, 0.25) is 5.95 Å². The molecule has 296 valence electrons. The SMILES string of the molecule is CCCNCCOc1cccc(-n2nc(C(C)(C)C)cc2N(OC=O)C(=O)N[C@H]2CC[C@@H](Oc3ccc4nnc(N5CCCC[C@@H]5C)n4c3)c3ccccc32)c1. The van der Waals surface area contributed by atoms with Crippen LogP contribution in [-0.2, 0) is 15.0 Å². The lowest BCUT2D eigenvalue weighted by Crippen LogP contribution is -2.43. The number of nitrogens with one attached hydrogen (secondary N) is 2. The number of nitrogens with zero attached hydrogens (tertiary/aromatic N) is 7. The number of hydrogen-bond donors (Lipinski definition) is 2. The van der Waals surface area contributed by atoms with E-state index in [1.165, 1.54) is 6.42 Å². The highest BCUT2D eigenvalue weighted by atomic mass is 16.7. The number of fused-ring (bicyclic) bond motifs is 2. The third kappa shape index (κ3) is 8.44. The van der Waals surface area contributed by atoms with Crippen LogP contribution in [0.15, 0.2) is 72.9 Å². The Morgan fingerprint density at radius 2 is 1.80 bits per heavy atom. The molecule has 0 unspecified atom stereocenters. The number of benzene rings is 2. The Morgan fingerprint density at radius 3 is 2.59 bits per heavy atom. The summed E-state index contributed by atoms with van der Waals surface area (Å²) in [6, 6.07) is 20.5. The fraction of sp³-hybridized carbons (Fsp3) is 0.452. The minimum Gasteiger partial charge on any atom is -0.492 e. The summed E-state index contributed by atoms with van der Waals surface area (Å²) < 4.78 is 16.3. The number of hydrogen-bond acceptors (Lipinski definition) is 10. The van der Waals surface area contributed by atoms with Crippen molar-refractivity contribution in [2.75, 3.05) is 36.2 Å². The minimum atomic E-state index is -0.607. The van der Waals surface area contributed by atoms with E-state index in [9.17, 15) is 9.59 Å². The molecule has 5 aromatic rings. The molecule has 4 heterocycles. The first-order valence-corrected chi connectivity index (χ1v) is 19.8. The number of piperidine rings is 1. The van der Waals surface area contributed by atoms with Gasteiger partial charge in [-0.2, -0.15) is 5.10 Å². The van der Waals surface area contributed by atoms with Crippen LogP contribution in [0.25, 0.3) is 11.3 Å². The van der Waals surface area contributed by atoms with Crippen molar-refractivity contribution in [3.63, 3.8) is 0 Å². The maximum Gasteiger partial charge on any atom is 0.357 e. The molecule has 1 aliphatic carbocycles. The Labute approximate surface area is 328 Å². The van der Waals surface area contributed by atoms with Crippen molar-refractivity contribution < 1.29 is 23.9 Å². The third-order valence-electron chi connectivity index (χ3n) is 10.5. The molecule has 2 amide bonds. The third-order valence-corrected chi connectivity index (χ3v) is 10.5. The fourth-order valence-electron chi connectivity index (χ4n) is 7.48. The van der Waals surface area contributed by atoms with E-state index in [1.54, 1.807) is 10.7 Å². The smallest absolute Gasteiger partial charge is 0.357 e. The van der Waals surface area contributed by atoms with Gasteiger partial charge in [-0.05, 0) is 87.4 Å². The lowest BCUT2D eigenvalue weighted by Gasteiger charge is -2.34. The van der Waals surface area contributed by atoms with Crippen LogP contribution in [0.1, 0.15) is 102 Å². The molecule has 0 spiro atoms. The van der Waals surface area contributed by atoms with Crippen molar-refractivity contribution in [1.29, 1.82) is 0 Å². The normalized spacial score (nSPS) is 18.3. The summed E-state index contributed by atoms with van der Waals surface area (Å²) in [6.07, 6.45) is 7.48. The molecule has 2 N–H and O–H groups in total. The first-order valence-electron chi connectivity index (χ1n) is 19.8. The molecule has 3 atom stereocenters. The zero-order valence-corrected chi connectivity index (χ0v) is 33.0. The van der Waals surface area contributed by atoms with Gasteiger partial charge in [-0.15, -0.1) is 15.3 Å². The van der Waals surface area contributed by atoms with Gasteiger partial charge >= 0.3 is 12.5 Å². The molecule has 1 saturated heterocycles. The van der Waals surface area contributed by atoms with E-state index in [-0.39, 0.29) is 29.9 Å². The van der Waals surface area contributed by atoms with E-state index in [0.29, 0.717) is 48.4 Å². The fourth-order valence-corrected chi connectivity index (χ4v) is 7.48. The molecule has 2 aromatic carbocycles. The zero-order chi connectivity index (χ0) is 39.2. The predicted octanol–water partition coefficient (Wildman–Crippen LogP) is 7.23. The van der Waals surface area contributed by atoms with Crippen LogP contribution in [0.3, 0.4) is 0 Å². The Morgan fingerprint density at radius 1 is 0.964 bits per heavy atom. The maximum absolute atomic E-state index is 14.2. The van der Waals surface area contributed by atoms with E-state index in [0.717, 1.165) is 66.7 Å². The number of pyridine rings is 1. The first kappa shape index (κ1) is 38.6. The molecular formula is C42H53N9O5. The number of amides is 2. The van der Waals surface area contributed by atoms with E-state index in [4.69, 9.17) is 19.4 Å². The van der Waals surface area contributed by atoms with Gasteiger partial charge in [0.05, 0.1) is 23.6 Å². The number of carbonyl (C=O) groups excluding carboxylic acids is 2. The van der Waals surface area contributed by atoms with Gasteiger partial charge < -0.3 is 29.8 Å². The molecule has 1 fully saturated rings. The van der Waals surface area contributed by atoms with Crippen molar-refractivity contribution in [1.82, 2.24) is 35.0 Å². The topological polar surface area (TPSA) is 140 Å².